The van der Waals surface area contributed by atoms with Crippen LogP contribution >= 0.6 is 28.3 Å². The third-order valence-electron chi connectivity index (χ3n) is 2.97. The molecule has 0 aromatic heterocycles. The summed E-state index contributed by atoms with van der Waals surface area (Å²) in [5.41, 5.74) is 0. The zero-order valence-electron chi connectivity index (χ0n) is 11.1. The summed E-state index contributed by atoms with van der Waals surface area (Å²) in [6, 6.07) is 4.78. The van der Waals surface area contributed by atoms with E-state index in [2.05, 4.69) is 21.2 Å². The van der Waals surface area contributed by atoms with Crippen molar-refractivity contribution >= 4 is 34.2 Å². The van der Waals surface area contributed by atoms with Crippen LogP contribution in [0, 0.1) is 5.82 Å². The fourth-order valence-electron chi connectivity index (χ4n) is 1.98. The van der Waals surface area contributed by atoms with Crippen molar-refractivity contribution in [2.45, 2.75) is 13.0 Å². The zero-order valence-corrected chi connectivity index (χ0v) is 13.5. The van der Waals surface area contributed by atoms with Crippen LogP contribution in [0.15, 0.2) is 22.7 Å². The number of rotatable bonds is 3. The third-order valence-corrected chi connectivity index (χ3v) is 3.46. The van der Waals surface area contributed by atoms with Gasteiger partial charge in [-0.15, -0.1) is 12.4 Å². The summed E-state index contributed by atoms with van der Waals surface area (Å²) in [5, 5.41) is 3.26. The van der Waals surface area contributed by atoms with E-state index in [1.807, 2.05) is 6.92 Å². The summed E-state index contributed by atoms with van der Waals surface area (Å²) < 4.78 is 19.4. The molecular weight excluding hydrogens is 351 g/mol. The Morgan fingerprint density at radius 2 is 2.35 bits per heavy atom. The monoisotopic (exact) mass is 366 g/mol. The molecule has 20 heavy (non-hydrogen) atoms. The molecule has 1 aromatic carbocycles. The Balaban J connectivity index is 0.00000200. The highest BCUT2D eigenvalue weighted by Gasteiger charge is 2.20. The van der Waals surface area contributed by atoms with Gasteiger partial charge >= 0.3 is 0 Å². The summed E-state index contributed by atoms with van der Waals surface area (Å²) in [7, 11) is 0. The number of amides is 1. The Morgan fingerprint density at radius 3 is 3.00 bits per heavy atom. The largest absolute Gasteiger partial charge is 0.481 e. The molecule has 1 saturated heterocycles. The topological polar surface area (TPSA) is 41.6 Å². The van der Waals surface area contributed by atoms with Crippen LogP contribution in [0.2, 0.25) is 0 Å². The van der Waals surface area contributed by atoms with Gasteiger partial charge in [0, 0.05) is 30.1 Å². The van der Waals surface area contributed by atoms with Crippen molar-refractivity contribution in [3.05, 3.63) is 28.5 Å². The second-order valence-electron chi connectivity index (χ2n) is 4.56. The molecule has 1 aliphatic heterocycles. The van der Waals surface area contributed by atoms with E-state index < -0.39 is 5.82 Å². The summed E-state index contributed by atoms with van der Waals surface area (Å²) in [6.45, 7) is 3.99. The average molecular weight is 368 g/mol. The maximum Gasteiger partial charge on any atom is 0.260 e. The lowest BCUT2D eigenvalue weighted by atomic mass is 10.2. The molecule has 2 rings (SSSR count). The third kappa shape index (κ3) is 4.61. The maximum atomic E-state index is 13.5. The van der Waals surface area contributed by atoms with Crippen molar-refractivity contribution in [1.29, 1.82) is 0 Å². The summed E-state index contributed by atoms with van der Waals surface area (Å²) in [4.78, 5) is 13.7. The van der Waals surface area contributed by atoms with Crippen LogP contribution in [0.3, 0.4) is 0 Å². The first kappa shape index (κ1) is 17.2. The molecule has 112 valence electrons. The zero-order chi connectivity index (χ0) is 13.8. The predicted octanol–water partition coefficient (Wildman–Crippen LogP) is 2.21. The lowest BCUT2D eigenvalue weighted by molar-refractivity contribution is -0.134. The van der Waals surface area contributed by atoms with Crippen LogP contribution in [-0.4, -0.2) is 43.1 Å². The fourth-order valence-corrected chi connectivity index (χ4v) is 2.32. The predicted molar refractivity (Wildman–Crippen MR) is 80.9 cm³/mol. The Labute approximate surface area is 132 Å². The van der Waals surface area contributed by atoms with E-state index in [4.69, 9.17) is 4.74 Å². The lowest BCUT2D eigenvalue weighted by Crippen LogP contribution is -2.52. The number of halogens is 3. The number of benzene rings is 1. The quantitative estimate of drug-likeness (QED) is 0.890. The summed E-state index contributed by atoms with van der Waals surface area (Å²) in [6.07, 6.45) is 0. The molecule has 1 aliphatic rings. The van der Waals surface area contributed by atoms with E-state index in [-0.39, 0.29) is 36.7 Å². The Hall–Kier alpha value is -0.850. The Morgan fingerprint density at radius 1 is 1.60 bits per heavy atom. The van der Waals surface area contributed by atoms with Gasteiger partial charge in [-0.05, 0) is 25.1 Å². The van der Waals surface area contributed by atoms with Gasteiger partial charge in [-0.3, -0.25) is 4.79 Å². The Bertz CT molecular complexity index is 476. The van der Waals surface area contributed by atoms with E-state index >= 15 is 0 Å². The number of piperazine rings is 1. The van der Waals surface area contributed by atoms with Crippen molar-refractivity contribution in [2.24, 2.45) is 0 Å². The van der Waals surface area contributed by atoms with Crippen LogP contribution in [0.5, 0.6) is 5.75 Å². The van der Waals surface area contributed by atoms with Gasteiger partial charge in [-0.25, -0.2) is 4.39 Å². The second-order valence-corrected chi connectivity index (χ2v) is 5.47. The molecule has 1 unspecified atom stereocenters. The molecule has 0 spiro atoms. The molecule has 1 aromatic rings. The molecular formula is C13H17BrClFN2O2. The standard InChI is InChI=1S/C13H16BrFN2O2.ClH/c1-9-7-17(5-4-16-9)13(18)8-19-12-3-2-10(14)6-11(12)15;/h2-3,6,9,16H,4-5,7-8H2,1H3;1H. The van der Waals surface area contributed by atoms with Gasteiger partial charge < -0.3 is 15.0 Å². The Kier molecular flexibility index (Phi) is 6.71. The average Bonchev–Trinajstić information content (AvgIpc) is 2.37. The minimum absolute atomic E-state index is 0. The normalized spacial score (nSPS) is 18.4. The second kappa shape index (κ2) is 7.81. The molecule has 1 amide bonds. The molecule has 4 nitrogen and oxygen atoms in total. The molecule has 1 heterocycles. The highest BCUT2D eigenvalue weighted by molar-refractivity contribution is 9.10. The number of hydrogen-bond donors (Lipinski definition) is 1. The van der Waals surface area contributed by atoms with E-state index in [0.29, 0.717) is 17.6 Å². The van der Waals surface area contributed by atoms with Gasteiger partial charge in [0.2, 0.25) is 0 Å². The van der Waals surface area contributed by atoms with Crippen molar-refractivity contribution < 1.29 is 13.9 Å². The first-order valence-corrected chi connectivity index (χ1v) is 6.94. The summed E-state index contributed by atoms with van der Waals surface area (Å²) in [5.74, 6) is -0.494. The van der Waals surface area contributed by atoms with Gasteiger partial charge in [0.25, 0.3) is 5.91 Å². The highest BCUT2D eigenvalue weighted by Crippen LogP contribution is 2.21. The molecule has 1 N–H and O–H groups in total. The van der Waals surface area contributed by atoms with E-state index in [9.17, 15) is 9.18 Å². The first-order chi connectivity index (χ1) is 9.06. The number of hydrogen-bond acceptors (Lipinski definition) is 3. The van der Waals surface area contributed by atoms with Crippen LogP contribution in [0.4, 0.5) is 4.39 Å². The van der Waals surface area contributed by atoms with Crippen LogP contribution in [0.25, 0.3) is 0 Å². The van der Waals surface area contributed by atoms with Crippen molar-refractivity contribution in [3.8, 4) is 5.75 Å². The number of nitrogens with one attached hydrogen (secondary N) is 1. The van der Waals surface area contributed by atoms with Gasteiger partial charge in [0.15, 0.2) is 18.2 Å². The lowest BCUT2D eigenvalue weighted by Gasteiger charge is -2.31. The van der Waals surface area contributed by atoms with Crippen molar-refractivity contribution in [1.82, 2.24) is 10.2 Å². The number of nitrogens with zero attached hydrogens (tertiary/aromatic N) is 1. The maximum absolute atomic E-state index is 13.5. The smallest absolute Gasteiger partial charge is 0.260 e. The van der Waals surface area contributed by atoms with Gasteiger partial charge in [0.05, 0.1) is 0 Å². The van der Waals surface area contributed by atoms with Crippen LogP contribution in [0.1, 0.15) is 6.92 Å². The minimum atomic E-state index is -0.476. The van der Waals surface area contributed by atoms with Gasteiger partial charge in [-0.1, -0.05) is 15.9 Å². The molecule has 0 bridgehead atoms. The van der Waals surface area contributed by atoms with Crippen LogP contribution < -0.4 is 10.1 Å². The van der Waals surface area contributed by atoms with E-state index in [1.165, 1.54) is 12.1 Å². The molecule has 1 atom stereocenters. The SMILES string of the molecule is CC1CN(C(=O)COc2ccc(Br)cc2F)CCN1.Cl. The number of ether oxygens (including phenoxy) is 1. The van der Waals surface area contributed by atoms with Gasteiger partial charge in [0.1, 0.15) is 0 Å². The van der Waals surface area contributed by atoms with Gasteiger partial charge in [-0.2, -0.15) is 0 Å². The fraction of sp³-hybridized carbons (Fsp3) is 0.462. The first-order valence-electron chi connectivity index (χ1n) is 6.15. The van der Waals surface area contributed by atoms with E-state index in [1.54, 1.807) is 11.0 Å². The number of carbonyl (C=O) groups excluding carboxylic acids is 1. The summed E-state index contributed by atoms with van der Waals surface area (Å²) >= 11 is 3.17. The minimum Gasteiger partial charge on any atom is -0.481 e. The molecule has 0 aliphatic carbocycles. The van der Waals surface area contributed by atoms with Crippen LogP contribution in [-0.2, 0) is 4.79 Å². The molecule has 1 fully saturated rings. The number of carbonyl (C=O) groups is 1. The molecule has 0 radical (unpaired) electrons. The highest BCUT2D eigenvalue weighted by atomic mass is 79.9. The van der Waals surface area contributed by atoms with Crippen molar-refractivity contribution in [2.75, 3.05) is 26.2 Å². The molecule has 7 heteroatoms. The molecule has 0 saturated carbocycles. The van der Waals surface area contributed by atoms with E-state index in [0.717, 1.165) is 6.54 Å². The van der Waals surface area contributed by atoms with Crippen molar-refractivity contribution in [3.63, 3.8) is 0 Å².